The van der Waals surface area contributed by atoms with Gasteiger partial charge in [0.1, 0.15) is 5.56 Å². The van der Waals surface area contributed by atoms with Crippen LogP contribution in [0.1, 0.15) is 21.6 Å². The van der Waals surface area contributed by atoms with E-state index >= 15 is 0 Å². The van der Waals surface area contributed by atoms with Crippen LogP contribution in [-0.2, 0) is 17.5 Å². The molecule has 1 aromatic carbocycles. The molecule has 0 saturated heterocycles. The first kappa shape index (κ1) is 18.4. The molecule has 6 nitrogen and oxygen atoms in total. The van der Waals surface area contributed by atoms with Crippen molar-refractivity contribution in [2.45, 2.75) is 12.7 Å². The lowest BCUT2D eigenvalue weighted by atomic mass is 10.1. The SMILES string of the molecule is COC(=O)c1c(N)c2ccc(C(F)(F)F)cc2n(Cc2ccccn2)c1=O. The summed E-state index contributed by atoms with van der Waals surface area (Å²) in [5.74, 6) is -0.964. The summed E-state index contributed by atoms with van der Waals surface area (Å²) in [5.41, 5.74) is 3.84. The summed E-state index contributed by atoms with van der Waals surface area (Å²) in [6, 6.07) is 7.75. The van der Waals surface area contributed by atoms with Crippen LogP contribution in [0.25, 0.3) is 10.9 Å². The Hall–Kier alpha value is -3.36. The van der Waals surface area contributed by atoms with Crippen molar-refractivity contribution in [3.8, 4) is 0 Å². The maximum atomic E-state index is 13.1. The van der Waals surface area contributed by atoms with Crippen LogP contribution in [0.2, 0.25) is 0 Å². The van der Waals surface area contributed by atoms with Gasteiger partial charge in [-0.15, -0.1) is 0 Å². The standard InChI is InChI=1S/C18H14F3N3O3/c1-27-17(26)14-15(22)12-6-5-10(18(19,20)21)8-13(12)24(16(14)25)9-11-4-2-3-7-23-11/h2-8H,9,22H2,1H3. The smallest absolute Gasteiger partial charge is 0.416 e. The molecule has 9 heteroatoms. The number of anilines is 1. The number of aromatic nitrogens is 2. The van der Waals surface area contributed by atoms with Gasteiger partial charge in [0.15, 0.2) is 0 Å². The lowest BCUT2D eigenvalue weighted by Gasteiger charge is -2.16. The van der Waals surface area contributed by atoms with E-state index in [-0.39, 0.29) is 23.1 Å². The number of benzene rings is 1. The summed E-state index contributed by atoms with van der Waals surface area (Å²) in [5, 5.41) is 0.138. The fraction of sp³-hybridized carbons (Fsp3) is 0.167. The van der Waals surface area contributed by atoms with Crippen molar-refractivity contribution < 1.29 is 22.7 Å². The molecule has 0 fully saturated rings. The number of fused-ring (bicyclic) bond motifs is 1. The van der Waals surface area contributed by atoms with E-state index in [4.69, 9.17) is 5.73 Å². The van der Waals surface area contributed by atoms with E-state index in [0.29, 0.717) is 5.69 Å². The number of ether oxygens (including phenoxy) is 1. The van der Waals surface area contributed by atoms with Crippen LogP contribution in [0.5, 0.6) is 0 Å². The van der Waals surface area contributed by atoms with Gasteiger partial charge in [0.05, 0.1) is 36.1 Å². The molecule has 3 aromatic rings. The molecule has 0 bridgehead atoms. The number of hydrogen-bond donors (Lipinski definition) is 1. The molecule has 0 aliphatic heterocycles. The van der Waals surface area contributed by atoms with E-state index in [1.54, 1.807) is 18.2 Å². The molecule has 0 saturated carbocycles. The third-order valence-corrected chi connectivity index (χ3v) is 4.07. The van der Waals surface area contributed by atoms with Crippen molar-refractivity contribution in [2.75, 3.05) is 12.8 Å². The quantitative estimate of drug-likeness (QED) is 0.710. The van der Waals surface area contributed by atoms with E-state index in [1.807, 2.05) is 0 Å². The third kappa shape index (κ3) is 3.35. The lowest BCUT2D eigenvalue weighted by Crippen LogP contribution is -2.30. The molecule has 0 unspecified atom stereocenters. The van der Waals surface area contributed by atoms with Crippen molar-refractivity contribution >= 4 is 22.6 Å². The van der Waals surface area contributed by atoms with Crippen LogP contribution in [0.3, 0.4) is 0 Å². The molecule has 0 amide bonds. The van der Waals surface area contributed by atoms with Crippen LogP contribution in [0, 0.1) is 0 Å². The Balaban J connectivity index is 2.37. The summed E-state index contributed by atoms with van der Waals surface area (Å²) in [6.45, 7) is -0.137. The molecule has 2 N–H and O–H groups in total. The van der Waals surface area contributed by atoms with Gasteiger partial charge in [-0.3, -0.25) is 9.78 Å². The third-order valence-electron chi connectivity index (χ3n) is 4.07. The van der Waals surface area contributed by atoms with Gasteiger partial charge < -0.3 is 15.0 Å². The number of nitrogens with zero attached hydrogens (tertiary/aromatic N) is 2. The minimum absolute atomic E-state index is 0.0503. The average molecular weight is 377 g/mol. The first-order valence-electron chi connectivity index (χ1n) is 7.75. The molecule has 0 aliphatic carbocycles. The second-order valence-electron chi connectivity index (χ2n) is 5.72. The van der Waals surface area contributed by atoms with E-state index in [0.717, 1.165) is 29.9 Å². The Kier molecular flexibility index (Phi) is 4.61. The number of esters is 1. The molecule has 27 heavy (non-hydrogen) atoms. The highest BCUT2D eigenvalue weighted by Crippen LogP contribution is 2.33. The summed E-state index contributed by atoms with van der Waals surface area (Å²) < 4.78 is 45.0. The fourth-order valence-corrected chi connectivity index (χ4v) is 2.76. The van der Waals surface area contributed by atoms with Gasteiger partial charge in [0.2, 0.25) is 0 Å². The molecule has 140 valence electrons. The summed E-state index contributed by atoms with van der Waals surface area (Å²) in [7, 11) is 1.08. The molecule has 0 spiro atoms. The number of methoxy groups -OCH3 is 1. The predicted octanol–water partition coefficient (Wildman–Crippen LogP) is 2.83. The Morgan fingerprint density at radius 1 is 1.26 bits per heavy atom. The Bertz CT molecular complexity index is 1080. The Morgan fingerprint density at radius 3 is 2.59 bits per heavy atom. The first-order valence-corrected chi connectivity index (χ1v) is 7.75. The van der Waals surface area contributed by atoms with Crippen molar-refractivity contribution in [3.63, 3.8) is 0 Å². The zero-order valence-electron chi connectivity index (χ0n) is 14.1. The number of halogens is 3. The number of pyridine rings is 2. The topological polar surface area (TPSA) is 87.2 Å². The van der Waals surface area contributed by atoms with Crippen molar-refractivity contribution in [2.24, 2.45) is 0 Å². The maximum absolute atomic E-state index is 13.1. The molecule has 3 rings (SSSR count). The maximum Gasteiger partial charge on any atom is 0.416 e. The number of nitrogen functional groups attached to an aromatic ring is 1. The van der Waals surface area contributed by atoms with E-state index in [2.05, 4.69) is 9.72 Å². The molecular weight excluding hydrogens is 363 g/mol. The number of carbonyl (C=O) groups is 1. The summed E-state index contributed by atoms with van der Waals surface area (Å²) in [6.07, 6.45) is -3.11. The minimum atomic E-state index is -4.60. The van der Waals surface area contributed by atoms with Gasteiger partial charge in [-0.2, -0.15) is 13.2 Å². The second kappa shape index (κ2) is 6.75. The second-order valence-corrected chi connectivity index (χ2v) is 5.72. The molecule has 2 aromatic heterocycles. The first-order chi connectivity index (χ1) is 12.7. The monoisotopic (exact) mass is 377 g/mol. The number of nitrogens with two attached hydrogens (primary N) is 1. The highest BCUT2D eigenvalue weighted by atomic mass is 19.4. The van der Waals surface area contributed by atoms with Crippen LogP contribution in [-0.4, -0.2) is 22.6 Å². The summed E-state index contributed by atoms with van der Waals surface area (Å²) in [4.78, 5) is 28.9. The Labute approximate surface area is 151 Å². The zero-order valence-corrected chi connectivity index (χ0v) is 14.1. The molecule has 2 heterocycles. The number of rotatable bonds is 3. The molecular formula is C18H14F3N3O3. The Morgan fingerprint density at radius 2 is 2.00 bits per heavy atom. The predicted molar refractivity (Wildman–Crippen MR) is 92.3 cm³/mol. The number of carbonyl (C=O) groups excluding carboxylic acids is 1. The molecule has 0 aliphatic rings. The van der Waals surface area contributed by atoms with Gasteiger partial charge in [-0.25, -0.2) is 4.79 Å². The highest BCUT2D eigenvalue weighted by molar-refractivity contribution is 6.04. The van der Waals surface area contributed by atoms with E-state index in [1.165, 1.54) is 6.20 Å². The van der Waals surface area contributed by atoms with Gasteiger partial charge in [-0.1, -0.05) is 12.1 Å². The number of alkyl halides is 3. The van der Waals surface area contributed by atoms with Gasteiger partial charge >= 0.3 is 12.1 Å². The largest absolute Gasteiger partial charge is 0.465 e. The average Bonchev–Trinajstić information content (AvgIpc) is 2.64. The van der Waals surface area contributed by atoms with Crippen LogP contribution in [0.4, 0.5) is 18.9 Å². The van der Waals surface area contributed by atoms with Crippen molar-refractivity contribution in [1.29, 1.82) is 0 Å². The van der Waals surface area contributed by atoms with Crippen LogP contribution < -0.4 is 11.3 Å². The van der Waals surface area contributed by atoms with E-state index in [9.17, 15) is 22.8 Å². The summed E-state index contributed by atoms with van der Waals surface area (Å²) >= 11 is 0. The lowest BCUT2D eigenvalue weighted by molar-refractivity contribution is -0.137. The number of hydrogen-bond acceptors (Lipinski definition) is 5. The fourth-order valence-electron chi connectivity index (χ4n) is 2.76. The van der Waals surface area contributed by atoms with Crippen LogP contribution in [0.15, 0.2) is 47.4 Å². The molecule has 0 atom stereocenters. The van der Waals surface area contributed by atoms with Crippen LogP contribution >= 0.6 is 0 Å². The zero-order chi connectivity index (χ0) is 19.8. The van der Waals surface area contributed by atoms with Gasteiger partial charge in [0, 0.05) is 11.6 Å². The van der Waals surface area contributed by atoms with Crippen molar-refractivity contribution in [1.82, 2.24) is 9.55 Å². The van der Waals surface area contributed by atoms with E-state index < -0.39 is 28.8 Å². The highest BCUT2D eigenvalue weighted by Gasteiger charge is 2.31. The molecule has 0 radical (unpaired) electrons. The van der Waals surface area contributed by atoms with Crippen molar-refractivity contribution in [3.05, 3.63) is 69.8 Å². The van der Waals surface area contributed by atoms with Gasteiger partial charge in [-0.05, 0) is 24.3 Å². The normalized spacial score (nSPS) is 11.6. The van der Waals surface area contributed by atoms with Gasteiger partial charge in [0.25, 0.3) is 5.56 Å². The minimum Gasteiger partial charge on any atom is -0.465 e.